The van der Waals surface area contributed by atoms with Crippen LogP contribution in [0.15, 0.2) is 10.6 Å². The predicted octanol–water partition coefficient (Wildman–Crippen LogP) is 0.437. The zero-order valence-electron chi connectivity index (χ0n) is 8.64. The molecular formula is C10H14N2O3. The van der Waals surface area contributed by atoms with Crippen LogP contribution >= 0.6 is 0 Å². The van der Waals surface area contributed by atoms with E-state index in [4.69, 9.17) is 9.63 Å². The van der Waals surface area contributed by atoms with Crippen molar-refractivity contribution < 1.29 is 14.4 Å². The van der Waals surface area contributed by atoms with Crippen molar-refractivity contribution in [3.8, 4) is 0 Å². The van der Waals surface area contributed by atoms with Gasteiger partial charge < -0.3 is 14.5 Å². The highest BCUT2D eigenvalue weighted by atomic mass is 16.5. The number of rotatable bonds is 2. The van der Waals surface area contributed by atoms with E-state index in [0.29, 0.717) is 18.8 Å². The van der Waals surface area contributed by atoms with Crippen molar-refractivity contribution >= 4 is 5.91 Å². The lowest BCUT2D eigenvalue weighted by Gasteiger charge is -2.13. The molecule has 15 heavy (non-hydrogen) atoms. The van der Waals surface area contributed by atoms with Crippen LogP contribution in [0.3, 0.4) is 0 Å². The minimum absolute atomic E-state index is 0.133. The Hall–Kier alpha value is -1.36. The van der Waals surface area contributed by atoms with E-state index in [1.54, 1.807) is 17.9 Å². The topological polar surface area (TPSA) is 66.6 Å². The Morgan fingerprint density at radius 1 is 1.80 bits per heavy atom. The van der Waals surface area contributed by atoms with Crippen molar-refractivity contribution in [3.63, 3.8) is 0 Å². The molecule has 1 unspecified atom stereocenters. The third-order valence-electron chi connectivity index (χ3n) is 2.67. The molecule has 2 rings (SSSR count). The molecule has 0 saturated carbocycles. The summed E-state index contributed by atoms with van der Waals surface area (Å²) in [6.45, 7) is 3.21. The number of aliphatic hydroxyl groups excluding tert-OH is 1. The maximum atomic E-state index is 11.8. The van der Waals surface area contributed by atoms with Gasteiger partial charge >= 0.3 is 0 Å². The van der Waals surface area contributed by atoms with Gasteiger partial charge in [0.05, 0.1) is 5.69 Å². The number of aryl methyl sites for hydroxylation is 1. The van der Waals surface area contributed by atoms with Crippen LogP contribution < -0.4 is 0 Å². The zero-order valence-corrected chi connectivity index (χ0v) is 8.64. The Bertz CT molecular complexity index is 361. The van der Waals surface area contributed by atoms with Crippen molar-refractivity contribution in [1.82, 2.24) is 10.1 Å². The highest BCUT2D eigenvalue weighted by Crippen LogP contribution is 2.18. The van der Waals surface area contributed by atoms with Crippen molar-refractivity contribution in [3.05, 3.63) is 17.5 Å². The van der Waals surface area contributed by atoms with E-state index in [0.717, 1.165) is 6.42 Å². The summed E-state index contributed by atoms with van der Waals surface area (Å²) in [6.07, 6.45) is 0.857. The van der Waals surface area contributed by atoms with Gasteiger partial charge in [-0.1, -0.05) is 5.16 Å². The number of carbonyl (C=O) groups is 1. The van der Waals surface area contributed by atoms with Gasteiger partial charge in [0.25, 0.3) is 5.91 Å². The second-order valence-corrected chi connectivity index (χ2v) is 3.92. The second-order valence-electron chi connectivity index (χ2n) is 3.92. The van der Waals surface area contributed by atoms with Crippen LogP contribution in [0.25, 0.3) is 0 Å². The van der Waals surface area contributed by atoms with Crippen LogP contribution in [-0.2, 0) is 0 Å². The molecule has 1 amide bonds. The molecule has 1 fully saturated rings. The standard InChI is InChI=1S/C10H14N2O3/c1-7-4-9(15-11-7)10(14)12-3-2-8(5-12)6-13/h4,8,13H,2-3,5-6H2,1H3. The van der Waals surface area contributed by atoms with E-state index < -0.39 is 0 Å². The van der Waals surface area contributed by atoms with E-state index in [-0.39, 0.29) is 24.2 Å². The first kappa shape index (κ1) is 10.2. The largest absolute Gasteiger partial charge is 0.396 e. The lowest BCUT2D eigenvalue weighted by Crippen LogP contribution is -2.28. The summed E-state index contributed by atoms with van der Waals surface area (Å²) in [4.78, 5) is 13.5. The maximum absolute atomic E-state index is 11.8. The summed E-state index contributed by atoms with van der Waals surface area (Å²) >= 11 is 0. The quantitative estimate of drug-likeness (QED) is 0.769. The highest BCUT2D eigenvalue weighted by molar-refractivity contribution is 5.91. The molecule has 1 N–H and O–H groups in total. The molecule has 2 heterocycles. The number of aliphatic hydroxyl groups is 1. The SMILES string of the molecule is Cc1cc(C(=O)N2CCC(CO)C2)on1. The first-order chi connectivity index (χ1) is 7.20. The number of likely N-dealkylation sites (tertiary alicyclic amines) is 1. The fourth-order valence-corrected chi connectivity index (χ4v) is 1.79. The minimum atomic E-state index is -0.133. The van der Waals surface area contributed by atoms with E-state index in [1.165, 1.54) is 0 Å². The smallest absolute Gasteiger partial charge is 0.292 e. The second kappa shape index (κ2) is 4.02. The van der Waals surface area contributed by atoms with Gasteiger partial charge in [-0.3, -0.25) is 4.79 Å². The lowest BCUT2D eigenvalue weighted by atomic mass is 10.1. The number of carbonyl (C=O) groups excluding carboxylic acids is 1. The Morgan fingerprint density at radius 2 is 2.60 bits per heavy atom. The average molecular weight is 210 g/mol. The molecule has 0 aliphatic carbocycles. The van der Waals surface area contributed by atoms with Crippen LogP contribution in [0.1, 0.15) is 22.7 Å². The number of amides is 1. The first-order valence-electron chi connectivity index (χ1n) is 5.04. The van der Waals surface area contributed by atoms with Gasteiger partial charge in [-0.2, -0.15) is 0 Å². The van der Waals surface area contributed by atoms with E-state index in [9.17, 15) is 4.79 Å². The van der Waals surface area contributed by atoms with E-state index in [1.807, 2.05) is 0 Å². The van der Waals surface area contributed by atoms with Gasteiger partial charge in [-0.25, -0.2) is 0 Å². The van der Waals surface area contributed by atoms with Gasteiger partial charge in [0.1, 0.15) is 0 Å². The number of aromatic nitrogens is 1. The normalized spacial score (nSPS) is 20.9. The van der Waals surface area contributed by atoms with Gasteiger partial charge in [-0.15, -0.1) is 0 Å². The van der Waals surface area contributed by atoms with E-state index in [2.05, 4.69) is 5.16 Å². The maximum Gasteiger partial charge on any atom is 0.292 e. The first-order valence-corrected chi connectivity index (χ1v) is 5.04. The summed E-state index contributed by atoms with van der Waals surface area (Å²) in [6, 6.07) is 1.63. The molecule has 1 aliphatic heterocycles. The Kier molecular flexibility index (Phi) is 2.73. The zero-order chi connectivity index (χ0) is 10.8. The predicted molar refractivity (Wildman–Crippen MR) is 52.3 cm³/mol. The Balaban J connectivity index is 2.03. The Morgan fingerprint density at radius 3 is 3.13 bits per heavy atom. The third-order valence-corrected chi connectivity index (χ3v) is 2.67. The molecule has 1 atom stereocenters. The molecule has 1 aromatic rings. The van der Waals surface area contributed by atoms with Crippen molar-refractivity contribution in [2.24, 2.45) is 5.92 Å². The van der Waals surface area contributed by atoms with E-state index >= 15 is 0 Å². The van der Waals surface area contributed by atoms with Gasteiger partial charge in [0.2, 0.25) is 5.76 Å². The van der Waals surface area contributed by atoms with Gasteiger partial charge in [0.15, 0.2) is 0 Å². The fourth-order valence-electron chi connectivity index (χ4n) is 1.79. The van der Waals surface area contributed by atoms with Crippen LogP contribution in [0.5, 0.6) is 0 Å². The molecule has 1 saturated heterocycles. The molecule has 0 spiro atoms. The molecule has 1 aromatic heterocycles. The van der Waals surface area contributed by atoms with Crippen LogP contribution in [-0.4, -0.2) is 40.8 Å². The monoisotopic (exact) mass is 210 g/mol. The molecule has 0 radical (unpaired) electrons. The molecule has 5 nitrogen and oxygen atoms in total. The lowest BCUT2D eigenvalue weighted by molar-refractivity contribution is 0.0740. The number of nitrogens with zero attached hydrogens (tertiary/aromatic N) is 2. The average Bonchev–Trinajstić information content (AvgIpc) is 2.84. The molecule has 0 aromatic carbocycles. The molecule has 1 aliphatic rings. The minimum Gasteiger partial charge on any atom is -0.396 e. The molecule has 82 valence electrons. The van der Waals surface area contributed by atoms with Crippen LogP contribution in [0.4, 0.5) is 0 Å². The summed E-state index contributed by atoms with van der Waals surface area (Å²) in [5.41, 5.74) is 0.705. The number of hydrogen-bond donors (Lipinski definition) is 1. The molecule has 5 heteroatoms. The molecular weight excluding hydrogens is 196 g/mol. The summed E-state index contributed by atoms with van der Waals surface area (Å²) in [7, 11) is 0. The summed E-state index contributed by atoms with van der Waals surface area (Å²) < 4.78 is 4.90. The van der Waals surface area contributed by atoms with Crippen LogP contribution in [0.2, 0.25) is 0 Å². The Labute approximate surface area is 87.7 Å². The van der Waals surface area contributed by atoms with Crippen molar-refractivity contribution in [1.29, 1.82) is 0 Å². The van der Waals surface area contributed by atoms with Gasteiger partial charge in [-0.05, 0) is 13.3 Å². The summed E-state index contributed by atoms with van der Waals surface area (Å²) in [5.74, 6) is 0.357. The van der Waals surface area contributed by atoms with Crippen molar-refractivity contribution in [2.45, 2.75) is 13.3 Å². The molecule has 0 bridgehead atoms. The van der Waals surface area contributed by atoms with Crippen LogP contribution in [0, 0.1) is 12.8 Å². The fraction of sp³-hybridized carbons (Fsp3) is 0.600. The van der Waals surface area contributed by atoms with Crippen molar-refractivity contribution in [2.75, 3.05) is 19.7 Å². The van der Waals surface area contributed by atoms with Gasteiger partial charge in [0, 0.05) is 31.7 Å². The highest BCUT2D eigenvalue weighted by Gasteiger charge is 2.28. The number of hydrogen-bond acceptors (Lipinski definition) is 4. The third kappa shape index (κ3) is 2.02. The summed E-state index contributed by atoms with van der Waals surface area (Å²) in [5, 5.41) is 12.6.